The average Bonchev–Trinajstić information content (AvgIpc) is 2.85. The lowest BCUT2D eigenvalue weighted by Gasteiger charge is -2.29. The zero-order valence-electron chi connectivity index (χ0n) is 13.0. The van der Waals surface area contributed by atoms with Crippen LogP contribution in [0.25, 0.3) is 0 Å². The zero-order chi connectivity index (χ0) is 16.6. The Morgan fingerprint density at radius 3 is 2.65 bits per heavy atom. The highest BCUT2D eigenvalue weighted by Gasteiger charge is 2.34. The summed E-state index contributed by atoms with van der Waals surface area (Å²) in [6.07, 6.45) is 2.89. The number of aliphatic carboxylic acids is 1. The number of benzene rings is 1. The molecule has 1 N–H and O–H groups in total. The number of carboxylic acids is 1. The molecule has 1 aromatic rings. The first kappa shape index (κ1) is 15.8. The first-order chi connectivity index (χ1) is 11.0. The number of carboxylic acid groups (broad SMARTS) is 1. The van der Waals surface area contributed by atoms with Gasteiger partial charge in [0, 0.05) is 13.1 Å². The maximum Gasteiger partial charge on any atom is 0.306 e. The topological polar surface area (TPSA) is 66.8 Å². The molecule has 6 heteroatoms. The van der Waals surface area contributed by atoms with Gasteiger partial charge in [0.05, 0.1) is 18.6 Å². The molecular formula is C17H20FNO4. The van der Waals surface area contributed by atoms with Crippen LogP contribution in [0.5, 0.6) is 5.75 Å². The van der Waals surface area contributed by atoms with Crippen LogP contribution < -0.4 is 4.74 Å². The van der Waals surface area contributed by atoms with Crippen LogP contribution in [0, 0.1) is 17.7 Å². The SMILES string of the molecule is COc1ccc2c(c1F)C(=O)N(CC1CCC(C(=O)O)CC1)C2. The number of carbonyl (C=O) groups excluding carboxylic acids is 1. The Morgan fingerprint density at radius 1 is 1.35 bits per heavy atom. The Bertz CT molecular complexity index is 638. The second-order valence-electron chi connectivity index (χ2n) is 6.36. The van der Waals surface area contributed by atoms with E-state index < -0.39 is 11.8 Å². The van der Waals surface area contributed by atoms with Crippen molar-refractivity contribution in [3.63, 3.8) is 0 Å². The van der Waals surface area contributed by atoms with Gasteiger partial charge in [0.2, 0.25) is 0 Å². The highest BCUT2D eigenvalue weighted by molar-refractivity contribution is 5.99. The van der Waals surface area contributed by atoms with Crippen molar-refractivity contribution in [2.45, 2.75) is 32.2 Å². The van der Waals surface area contributed by atoms with Gasteiger partial charge in [-0.3, -0.25) is 9.59 Å². The first-order valence-electron chi connectivity index (χ1n) is 7.88. The Labute approximate surface area is 134 Å². The summed E-state index contributed by atoms with van der Waals surface area (Å²) < 4.78 is 19.2. The molecule has 23 heavy (non-hydrogen) atoms. The van der Waals surface area contributed by atoms with Gasteiger partial charge in [-0.15, -0.1) is 0 Å². The Kier molecular flexibility index (Phi) is 4.24. The second kappa shape index (κ2) is 6.18. The van der Waals surface area contributed by atoms with Gasteiger partial charge in [-0.25, -0.2) is 4.39 Å². The molecule has 0 bridgehead atoms. The molecule has 1 saturated carbocycles. The summed E-state index contributed by atoms with van der Waals surface area (Å²) in [7, 11) is 1.38. The number of fused-ring (bicyclic) bond motifs is 1. The van der Waals surface area contributed by atoms with Crippen LogP contribution in [0.3, 0.4) is 0 Å². The lowest BCUT2D eigenvalue weighted by atomic mass is 9.82. The van der Waals surface area contributed by atoms with E-state index in [1.807, 2.05) is 0 Å². The van der Waals surface area contributed by atoms with Crippen LogP contribution >= 0.6 is 0 Å². The van der Waals surface area contributed by atoms with Gasteiger partial charge in [-0.05, 0) is 43.2 Å². The van der Waals surface area contributed by atoms with Crippen LogP contribution in [0.2, 0.25) is 0 Å². The van der Waals surface area contributed by atoms with Crippen LogP contribution in [-0.2, 0) is 11.3 Å². The third-order valence-corrected chi connectivity index (χ3v) is 4.95. The van der Waals surface area contributed by atoms with Gasteiger partial charge in [0.25, 0.3) is 5.91 Å². The van der Waals surface area contributed by atoms with Crippen molar-refractivity contribution in [2.75, 3.05) is 13.7 Å². The van der Waals surface area contributed by atoms with Crippen molar-refractivity contribution in [1.29, 1.82) is 0 Å². The van der Waals surface area contributed by atoms with Crippen molar-refractivity contribution < 1.29 is 23.8 Å². The summed E-state index contributed by atoms with van der Waals surface area (Å²) in [6.45, 7) is 0.968. The van der Waals surface area contributed by atoms with E-state index in [-0.39, 0.29) is 29.1 Å². The lowest BCUT2D eigenvalue weighted by Crippen LogP contribution is -2.33. The molecule has 0 aromatic heterocycles. The summed E-state index contributed by atoms with van der Waals surface area (Å²) in [5.74, 6) is -1.51. The molecule has 0 unspecified atom stereocenters. The molecule has 1 aromatic carbocycles. The van der Waals surface area contributed by atoms with E-state index in [1.54, 1.807) is 17.0 Å². The quantitative estimate of drug-likeness (QED) is 0.926. The normalized spacial score (nSPS) is 23.7. The fourth-order valence-electron chi connectivity index (χ4n) is 3.60. The number of rotatable bonds is 4. The maximum atomic E-state index is 14.3. The van der Waals surface area contributed by atoms with Gasteiger partial charge < -0.3 is 14.7 Å². The van der Waals surface area contributed by atoms with Crippen LogP contribution in [0.15, 0.2) is 12.1 Å². The van der Waals surface area contributed by atoms with E-state index in [1.165, 1.54) is 7.11 Å². The van der Waals surface area contributed by atoms with Crippen molar-refractivity contribution in [1.82, 2.24) is 4.90 Å². The molecule has 2 aliphatic rings. The number of hydrogen-bond donors (Lipinski definition) is 1. The minimum Gasteiger partial charge on any atom is -0.494 e. The van der Waals surface area contributed by atoms with Crippen LogP contribution in [0.4, 0.5) is 4.39 Å². The number of hydrogen-bond acceptors (Lipinski definition) is 3. The van der Waals surface area contributed by atoms with Crippen molar-refractivity contribution in [3.05, 3.63) is 29.1 Å². The van der Waals surface area contributed by atoms with Crippen LogP contribution in [-0.4, -0.2) is 35.5 Å². The number of amides is 1. The summed E-state index contributed by atoms with van der Waals surface area (Å²) in [5.41, 5.74) is 0.802. The average molecular weight is 321 g/mol. The number of methoxy groups -OCH3 is 1. The molecule has 1 fully saturated rings. The Morgan fingerprint density at radius 2 is 2.04 bits per heavy atom. The molecule has 1 aliphatic heterocycles. The van der Waals surface area contributed by atoms with Crippen LogP contribution in [0.1, 0.15) is 41.6 Å². The van der Waals surface area contributed by atoms with Gasteiger partial charge in [-0.2, -0.15) is 0 Å². The van der Waals surface area contributed by atoms with Crippen molar-refractivity contribution >= 4 is 11.9 Å². The van der Waals surface area contributed by atoms with E-state index in [9.17, 15) is 14.0 Å². The van der Waals surface area contributed by atoms with Crippen molar-refractivity contribution in [2.24, 2.45) is 11.8 Å². The van der Waals surface area contributed by atoms with E-state index in [4.69, 9.17) is 9.84 Å². The molecule has 0 saturated heterocycles. The summed E-state index contributed by atoms with van der Waals surface area (Å²) in [5, 5.41) is 9.03. The van der Waals surface area contributed by atoms with Gasteiger partial charge >= 0.3 is 5.97 Å². The van der Waals surface area contributed by atoms with Gasteiger partial charge in [-0.1, -0.05) is 6.07 Å². The fourth-order valence-corrected chi connectivity index (χ4v) is 3.60. The minimum atomic E-state index is -0.734. The summed E-state index contributed by atoms with van der Waals surface area (Å²) in [6, 6.07) is 3.28. The molecule has 1 amide bonds. The van der Waals surface area contributed by atoms with E-state index in [2.05, 4.69) is 0 Å². The maximum absolute atomic E-state index is 14.3. The number of carbonyl (C=O) groups is 2. The predicted octanol–water partition coefficient (Wildman–Crippen LogP) is 2.68. The van der Waals surface area contributed by atoms with Crippen molar-refractivity contribution in [3.8, 4) is 5.75 Å². The lowest BCUT2D eigenvalue weighted by molar-refractivity contribution is -0.143. The third-order valence-electron chi connectivity index (χ3n) is 4.95. The molecule has 1 heterocycles. The van der Waals surface area contributed by atoms with Gasteiger partial charge in [0.15, 0.2) is 11.6 Å². The highest BCUT2D eigenvalue weighted by Crippen LogP contribution is 2.34. The standard InChI is InChI=1S/C17H20FNO4/c1-23-13-7-6-12-9-19(16(20)14(12)15(13)18)8-10-2-4-11(5-3-10)17(21)22/h6-7,10-11H,2-5,8-9H2,1H3,(H,21,22). The Balaban J connectivity index is 1.67. The van der Waals surface area contributed by atoms with Gasteiger partial charge in [0.1, 0.15) is 0 Å². The molecule has 0 spiro atoms. The largest absolute Gasteiger partial charge is 0.494 e. The predicted molar refractivity (Wildman–Crippen MR) is 80.8 cm³/mol. The summed E-state index contributed by atoms with van der Waals surface area (Å²) >= 11 is 0. The molecule has 0 radical (unpaired) electrons. The first-order valence-corrected chi connectivity index (χ1v) is 7.88. The molecule has 5 nitrogen and oxygen atoms in total. The zero-order valence-corrected chi connectivity index (χ0v) is 13.0. The van der Waals surface area contributed by atoms with E-state index >= 15 is 0 Å². The second-order valence-corrected chi connectivity index (χ2v) is 6.36. The molecule has 3 rings (SSSR count). The number of ether oxygens (including phenoxy) is 1. The fraction of sp³-hybridized carbons (Fsp3) is 0.529. The van der Waals surface area contributed by atoms with E-state index in [0.717, 1.165) is 12.8 Å². The molecule has 1 aliphatic carbocycles. The number of halogens is 1. The monoisotopic (exact) mass is 321 g/mol. The number of nitrogens with zero attached hydrogens (tertiary/aromatic N) is 1. The van der Waals surface area contributed by atoms with E-state index in [0.29, 0.717) is 31.5 Å². The minimum absolute atomic E-state index is 0.0842. The molecular weight excluding hydrogens is 301 g/mol. The Hall–Kier alpha value is -2.11. The smallest absolute Gasteiger partial charge is 0.306 e. The third kappa shape index (κ3) is 2.90. The molecule has 0 atom stereocenters. The summed E-state index contributed by atoms with van der Waals surface area (Å²) in [4.78, 5) is 25.1. The molecule has 124 valence electrons. The highest BCUT2D eigenvalue weighted by atomic mass is 19.1.